The number of carbonyl (C=O) groups excluding carboxylic acids is 4. The third-order valence-electron chi connectivity index (χ3n) is 7.14. The van der Waals surface area contributed by atoms with Gasteiger partial charge in [-0.25, -0.2) is 10.2 Å². The van der Waals surface area contributed by atoms with Crippen LogP contribution in [-0.2, 0) is 35.1 Å². The molecule has 3 amide bonds. The molecule has 50 heavy (non-hydrogen) atoms. The van der Waals surface area contributed by atoms with Gasteiger partial charge in [0.25, 0.3) is 5.91 Å². The Labute approximate surface area is 294 Å². The molecule has 0 bridgehead atoms. The number of hydrogen-bond acceptors (Lipinski definition) is 10. The molecule has 3 unspecified atom stereocenters. The number of amides is 3. The highest BCUT2D eigenvalue weighted by molar-refractivity contribution is 5.91. The Morgan fingerprint density at radius 1 is 1.00 bits per heavy atom. The zero-order valence-electron chi connectivity index (χ0n) is 31.0. The number of aliphatic carboxylic acids is 1. The second-order valence-electron chi connectivity index (χ2n) is 14.5. The smallest absolute Gasteiger partial charge is 0.408 e. The number of rotatable bonds is 10. The van der Waals surface area contributed by atoms with Crippen LogP contribution in [0.3, 0.4) is 0 Å². The van der Waals surface area contributed by atoms with Gasteiger partial charge in [0.1, 0.15) is 29.3 Å². The maximum absolute atomic E-state index is 12.6. The number of hydrogen-bond donors (Lipinski definition) is 4. The van der Waals surface area contributed by atoms with E-state index in [2.05, 4.69) is 39.2 Å². The second kappa shape index (κ2) is 18.4. The van der Waals surface area contributed by atoms with Gasteiger partial charge in [-0.3, -0.25) is 24.2 Å². The number of carboxylic acid groups (broad SMARTS) is 1. The monoisotopic (exact) mass is 698 g/mol. The summed E-state index contributed by atoms with van der Waals surface area (Å²) < 4.78 is 10.4. The van der Waals surface area contributed by atoms with Crippen molar-refractivity contribution in [3.05, 3.63) is 41.6 Å². The Kier molecular flexibility index (Phi) is 15.3. The summed E-state index contributed by atoms with van der Waals surface area (Å²) in [4.78, 5) is 59.9. The van der Waals surface area contributed by atoms with E-state index in [0.717, 1.165) is 28.6 Å². The topological polar surface area (TPSA) is 189 Å². The molecular weight excluding hydrogens is 644 g/mol. The third-order valence-corrected chi connectivity index (χ3v) is 7.14. The first-order chi connectivity index (χ1) is 23.2. The molecule has 3 atom stereocenters. The summed E-state index contributed by atoms with van der Waals surface area (Å²) in [6, 6.07) is 5.39. The van der Waals surface area contributed by atoms with Crippen molar-refractivity contribution < 1.29 is 38.6 Å². The molecule has 1 saturated heterocycles. The number of nitrogens with zero attached hydrogens (tertiary/aromatic N) is 3. The van der Waals surface area contributed by atoms with Crippen molar-refractivity contribution >= 4 is 46.8 Å². The molecule has 0 radical (unpaired) electrons. The minimum atomic E-state index is -1.03. The number of hydrazine groups is 1. The van der Waals surface area contributed by atoms with Crippen LogP contribution >= 0.6 is 0 Å². The van der Waals surface area contributed by atoms with Crippen LogP contribution < -0.4 is 16.1 Å². The zero-order valence-corrected chi connectivity index (χ0v) is 31.0. The normalized spacial score (nSPS) is 16.2. The van der Waals surface area contributed by atoms with Crippen molar-refractivity contribution in [3.8, 4) is 0 Å². The number of aryl methyl sites for hydroxylation is 1. The minimum absolute atomic E-state index is 0.219. The Balaban J connectivity index is 0.000000356. The number of ether oxygens (including phenoxy) is 2. The van der Waals surface area contributed by atoms with Crippen LogP contribution in [0.5, 0.6) is 0 Å². The van der Waals surface area contributed by atoms with Gasteiger partial charge in [0.05, 0.1) is 17.6 Å². The number of nitrogens with one attached hydrogen (secondary N) is 3. The molecule has 1 aromatic heterocycles. The molecule has 14 heteroatoms. The van der Waals surface area contributed by atoms with E-state index < -0.39 is 53.2 Å². The van der Waals surface area contributed by atoms with E-state index in [1.807, 2.05) is 51.1 Å². The molecule has 4 N–H and O–H groups in total. The van der Waals surface area contributed by atoms with Crippen molar-refractivity contribution in [2.24, 2.45) is 5.92 Å². The van der Waals surface area contributed by atoms with Gasteiger partial charge >= 0.3 is 18.0 Å². The van der Waals surface area contributed by atoms with E-state index in [1.165, 1.54) is 11.9 Å². The van der Waals surface area contributed by atoms with Gasteiger partial charge in [-0.1, -0.05) is 39.0 Å². The molecule has 1 fully saturated rings. The van der Waals surface area contributed by atoms with Crippen molar-refractivity contribution in [3.63, 3.8) is 0 Å². The van der Waals surface area contributed by atoms with Crippen molar-refractivity contribution in [2.45, 2.75) is 124 Å². The van der Waals surface area contributed by atoms with Crippen LogP contribution in [0, 0.1) is 5.92 Å². The number of carboxylic acids is 1. The van der Waals surface area contributed by atoms with Crippen LogP contribution in [0.2, 0.25) is 0 Å². The van der Waals surface area contributed by atoms with Gasteiger partial charge in [-0.05, 0) is 97.4 Å². The molecule has 0 saturated carbocycles. The highest BCUT2D eigenvalue weighted by Crippen LogP contribution is 2.17. The van der Waals surface area contributed by atoms with Crippen LogP contribution in [-0.4, -0.2) is 86.0 Å². The molecular formula is C36H54N6O8. The van der Waals surface area contributed by atoms with Gasteiger partial charge in [-0.2, -0.15) is 10.2 Å². The molecule has 0 spiro atoms. The lowest BCUT2D eigenvalue weighted by molar-refractivity contribution is -0.153. The fraction of sp³-hybridized carbons (Fsp3) is 0.583. The lowest BCUT2D eigenvalue weighted by Crippen LogP contribution is -2.60. The number of alkyl carbamates (subject to hydrolysis) is 1. The predicted molar refractivity (Wildman–Crippen MR) is 190 cm³/mol. The fourth-order valence-electron chi connectivity index (χ4n) is 4.75. The van der Waals surface area contributed by atoms with Crippen LogP contribution in [0.1, 0.15) is 99.8 Å². The molecule has 1 aliphatic heterocycles. The SMILES string of the molecule is CC(NC(=O)C(NC(=O)OC(C)(C)C)C(C)C)C(=O)N1CCCC(C(=O)O)N1.CCc1cc2cc(/C=C/CC(=O)OC(C)(C)C)ccc2nn1. The van der Waals surface area contributed by atoms with Gasteiger partial charge in [0.2, 0.25) is 5.91 Å². The second-order valence-corrected chi connectivity index (χ2v) is 14.5. The van der Waals surface area contributed by atoms with Crippen LogP contribution in [0.4, 0.5) is 4.79 Å². The van der Waals surface area contributed by atoms with Gasteiger partial charge in [-0.15, -0.1) is 0 Å². The molecule has 1 aliphatic rings. The predicted octanol–water partition coefficient (Wildman–Crippen LogP) is 4.56. The molecule has 2 aromatic rings. The van der Waals surface area contributed by atoms with Gasteiger partial charge < -0.3 is 25.2 Å². The van der Waals surface area contributed by atoms with E-state index in [1.54, 1.807) is 34.6 Å². The average molecular weight is 699 g/mol. The highest BCUT2D eigenvalue weighted by Gasteiger charge is 2.33. The van der Waals surface area contributed by atoms with E-state index >= 15 is 0 Å². The molecule has 2 heterocycles. The van der Waals surface area contributed by atoms with E-state index in [0.29, 0.717) is 19.4 Å². The van der Waals surface area contributed by atoms with Crippen LogP contribution in [0.15, 0.2) is 30.3 Å². The molecule has 1 aromatic carbocycles. The lowest BCUT2D eigenvalue weighted by atomic mass is 10.0. The maximum atomic E-state index is 12.6. The summed E-state index contributed by atoms with van der Waals surface area (Å²) in [5.74, 6) is -2.45. The summed E-state index contributed by atoms with van der Waals surface area (Å²) in [6.07, 6.45) is 5.13. The number of carbonyl (C=O) groups is 5. The first kappa shape index (κ1) is 41.6. The summed E-state index contributed by atoms with van der Waals surface area (Å²) in [5.41, 5.74) is 4.40. The summed E-state index contributed by atoms with van der Waals surface area (Å²) >= 11 is 0. The van der Waals surface area contributed by atoms with Crippen LogP contribution in [0.25, 0.3) is 17.0 Å². The largest absolute Gasteiger partial charge is 0.480 e. The Bertz CT molecular complexity index is 1530. The fourth-order valence-corrected chi connectivity index (χ4v) is 4.75. The first-order valence-electron chi connectivity index (χ1n) is 16.9. The standard InChI is InChI=1S/C18H32N4O6.C18H22N2O2/c1-10(2)13(20-17(27)28-18(4,5)6)14(23)19-11(3)15(24)22-9-7-8-12(21-22)16(25)26;1-5-15-12-14-11-13(9-10-16(14)20-19-15)7-6-8-17(21)22-18(2,3)4/h10-13,21H,7-9H2,1-6H3,(H,19,23)(H,20,27)(H,25,26);6-7,9-12H,5,8H2,1-4H3/b;7-6+. The van der Waals surface area contributed by atoms with E-state index in [4.69, 9.17) is 14.6 Å². The number of esters is 1. The average Bonchev–Trinajstić information content (AvgIpc) is 3.01. The minimum Gasteiger partial charge on any atom is -0.480 e. The summed E-state index contributed by atoms with van der Waals surface area (Å²) in [5, 5.41) is 24.8. The number of fused-ring (bicyclic) bond motifs is 1. The highest BCUT2D eigenvalue weighted by atomic mass is 16.6. The van der Waals surface area contributed by atoms with E-state index in [-0.39, 0.29) is 18.3 Å². The maximum Gasteiger partial charge on any atom is 0.408 e. The molecule has 3 rings (SSSR count). The van der Waals surface area contributed by atoms with Crippen molar-refractivity contribution in [1.82, 2.24) is 31.3 Å². The molecule has 276 valence electrons. The van der Waals surface area contributed by atoms with E-state index in [9.17, 15) is 24.0 Å². The number of aromatic nitrogens is 2. The zero-order chi connectivity index (χ0) is 37.8. The Hall–Kier alpha value is -4.59. The molecule has 14 nitrogen and oxygen atoms in total. The Morgan fingerprint density at radius 2 is 1.66 bits per heavy atom. The van der Waals surface area contributed by atoms with Crippen molar-refractivity contribution in [1.29, 1.82) is 0 Å². The van der Waals surface area contributed by atoms with Gasteiger partial charge in [0, 0.05) is 11.9 Å². The first-order valence-corrected chi connectivity index (χ1v) is 16.9. The lowest BCUT2D eigenvalue weighted by Gasteiger charge is -2.34. The third kappa shape index (κ3) is 14.5. The summed E-state index contributed by atoms with van der Waals surface area (Å²) in [6.45, 7) is 18.2. The summed E-state index contributed by atoms with van der Waals surface area (Å²) in [7, 11) is 0. The Morgan fingerprint density at radius 3 is 2.24 bits per heavy atom. The number of benzene rings is 1. The van der Waals surface area contributed by atoms with Gasteiger partial charge in [0.15, 0.2) is 0 Å². The van der Waals surface area contributed by atoms with Crippen molar-refractivity contribution in [2.75, 3.05) is 6.54 Å². The quantitative estimate of drug-likeness (QED) is 0.255. The molecule has 0 aliphatic carbocycles.